The van der Waals surface area contributed by atoms with Crippen LogP contribution in [-0.4, -0.2) is 38.7 Å². The van der Waals surface area contributed by atoms with Crippen molar-refractivity contribution < 1.29 is 19.1 Å². The van der Waals surface area contributed by atoms with Crippen molar-refractivity contribution in [3.63, 3.8) is 0 Å². The molecule has 7 nitrogen and oxygen atoms in total. The van der Waals surface area contributed by atoms with E-state index in [0.717, 1.165) is 0 Å². The van der Waals surface area contributed by atoms with Crippen LogP contribution in [0, 0.1) is 0 Å². The maximum absolute atomic E-state index is 11.9. The van der Waals surface area contributed by atoms with Crippen molar-refractivity contribution in [1.82, 2.24) is 0 Å². The first-order valence-corrected chi connectivity index (χ1v) is 5.99. The van der Waals surface area contributed by atoms with Crippen LogP contribution < -0.4 is 21.1 Å². The van der Waals surface area contributed by atoms with Crippen molar-refractivity contribution in [2.24, 2.45) is 5.73 Å². The third kappa shape index (κ3) is 4.52. The zero-order valence-corrected chi connectivity index (χ0v) is 11.7. The molecule has 0 saturated heterocycles. The molecule has 0 aliphatic carbocycles. The minimum absolute atomic E-state index is 0.102. The molecule has 20 heavy (non-hydrogen) atoms. The van der Waals surface area contributed by atoms with Gasteiger partial charge in [-0.05, 0) is 12.1 Å². The van der Waals surface area contributed by atoms with Gasteiger partial charge in [-0.3, -0.25) is 9.59 Å². The lowest BCUT2D eigenvalue weighted by molar-refractivity contribution is -0.118. The summed E-state index contributed by atoms with van der Waals surface area (Å²) in [6.45, 7) is 1.48. The molecule has 0 spiro atoms. The molecule has 7 heteroatoms. The Kier molecular flexibility index (Phi) is 5.95. The number of carbonyl (C=O) groups is 2. The first-order chi connectivity index (χ1) is 9.47. The number of amides is 2. The molecule has 4 N–H and O–H groups in total. The van der Waals surface area contributed by atoms with Crippen LogP contribution >= 0.6 is 0 Å². The Morgan fingerprint density at radius 3 is 2.50 bits per heavy atom. The highest BCUT2D eigenvalue weighted by Gasteiger charge is 2.15. The molecule has 0 aliphatic heterocycles. The van der Waals surface area contributed by atoms with E-state index in [1.54, 1.807) is 18.2 Å². The summed E-state index contributed by atoms with van der Waals surface area (Å²) in [6, 6.07) is 4.12. The van der Waals surface area contributed by atoms with Crippen LogP contribution in [0.2, 0.25) is 0 Å². The van der Waals surface area contributed by atoms with Crippen molar-refractivity contribution in [3.8, 4) is 5.75 Å². The van der Waals surface area contributed by atoms with Gasteiger partial charge >= 0.3 is 0 Å². The standard InChI is InChI=1S/C13H19N3O4/c1-8(17)15-11-5-4-9(20-3)6-12(11)16-13(18)10(14)7-19-2/h4-6,10H,7,14H2,1-3H3,(H,15,17)(H,16,18). The molecule has 0 bridgehead atoms. The van der Waals surface area contributed by atoms with Crippen LogP contribution in [0.5, 0.6) is 5.75 Å². The number of benzene rings is 1. The molecule has 0 heterocycles. The van der Waals surface area contributed by atoms with E-state index in [1.165, 1.54) is 21.1 Å². The fourth-order valence-corrected chi connectivity index (χ4v) is 1.53. The highest BCUT2D eigenvalue weighted by atomic mass is 16.5. The smallest absolute Gasteiger partial charge is 0.243 e. The van der Waals surface area contributed by atoms with Crippen molar-refractivity contribution in [3.05, 3.63) is 18.2 Å². The second-order valence-electron chi connectivity index (χ2n) is 4.14. The minimum atomic E-state index is -0.795. The van der Waals surface area contributed by atoms with Gasteiger partial charge in [-0.2, -0.15) is 0 Å². The zero-order valence-electron chi connectivity index (χ0n) is 11.7. The summed E-state index contributed by atoms with van der Waals surface area (Å²) in [5.41, 5.74) is 6.52. The number of rotatable bonds is 6. The highest BCUT2D eigenvalue weighted by molar-refractivity contribution is 6.01. The normalized spacial score (nSPS) is 11.6. The molecule has 1 atom stereocenters. The van der Waals surface area contributed by atoms with Gasteiger partial charge in [0.2, 0.25) is 11.8 Å². The van der Waals surface area contributed by atoms with Gasteiger partial charge in [0.15, 0.2) is 0 Å². The predicted octanol–water partition coefficient (Wildman–Crippen LogP) is 0.566. The first kappa shape index (κ1) is 15.9. The summed E-state index contributed by atoms with van der Waals surface area (Å²) in [5.74, 6) is -0.103. The summed E-state index contributed by atoms with van der Waals surface area (Å²) in [5, 5.41) is 5.26. The van der Waals surface area contributed by atoms with Crippen LogP contribution in [0.4, 0.5) is 11.4 Å². The molecule has 0 saturated carbocycles. The summed E-state index contributed by atoms with van der Waals surface area (Å²) in [6.07, 6.45) is 0. The fourth-order valence-electron chi connectivity index (χ4n) is 1.53. The summed E-state index contributed by atoms with van der Waals surface area (Å²) < 4.78 is 9.91. The average molecular weight is 281 g/mol. The number of ether oxygens (including phenoxy) is 2. The second kappa shape index (κ2) is 7.46. The van der Waals surface area contributed by atoms with E-state index < -0.39 is 11.9 Å². The van der Waals surface area contributed by atoms with Crippen LogP contribution in [-0.2, 0) is 14.3 Å². The van der Waals surface area contributed by atoms with Gasteiger partial charge < -0.3 is 25.8 Å². The number of anilines is 2. The monoisotopic (exact) mass is 281 g/mol. The minimum Gasteiger partial charge on any atom is -0.497 e. The summed E-state index contributed by atoms with van der Waals surface area (Å²) >= 11 is 0. The van der Waals surface area contributed by atoms with Gasteiger partial charge in [0.1, 0.15) is 11.8 Å². The van der Waals surface area contributed by atoms with Gasteiger partial charge in [-0.15, -0.1) is 0 Å². The maximum Gasteiger partial charge on any atom is 0.243 e. The molecule has 1 unspecified atom stereocenters. The average Bonchev–Trinajstić information content (AvgIpc) is 2.40. The van der Waals surface area contributed by atoms with Crippen LogP contribution in [0.1, 0.15) is 6.92 Å². The predicted molar refractivity (Wildman–Crippen MR) is 75.8 cm³/mol. The summed E-state index contributed by atoms with van der Waals surface area (Å²) in [4.78, 5) is 23.0. The van der Waals surface area contributed by atoms with Crippen molar-refractivity contribution in [2.45, 2.75) is 13.0 Å². The third-order valence-corrected chi connectivity index (χ3v) is 2.48. The number of nitrogens with two attached hydrogens (primary N) is 1. The number of nitrogens with one attached hydrogen (secondary N) is 2. The molecule has 0 aliphatic rings. The number of carbonyl (C=O) groups excluding carboxylic acids is 2. The van der Waals surface area contributed by atoms with Crippen molar-refractivity contribution in [2.75, 3.05) is 31.5 Å². The van der Waals surface area contributed by atoms with Gasteiger partial charge in [-0.1, -0.05) is 0 Å². The molecule has 1 aromatic carbocycles. The molecule has 2 amide bonds. The van der Waals surface area contributed by atoms with Crippen LogP contribution in [0.25, 0.3) is 0 Å². The zero-order chi connectivity index (χ0) is 15.1. The second-order valence-corrected chi connectivity index (χ2v) is 4.14. The Bertz CT molecular complexity index is 491. The third-order valence-electron chi connectivity index (χ3n) is 2.48. The molecule has 0 radical (unpaired) electrons. The van der Waals surface area contributed by atoms with E-state index in [9.17, 15) is 9.59 Å². The maximum atomic E-state index is 11.9. The Hall–Kier alpha value is -2.12. The Balaban J connectivity index is 2.94. The highest BCUT2D eigenvalue weighted by Crippen LogP contribution is 2.27. The fraction of sp³-hybridized carbons (Fsp3) is 0.385. The Labute approximate surface area is 117 Å². The van der Waals surface area contributed by atoms with E-state index in [-0.39, 0.29) is 12.5 Å². The Morgan fingerprint density at radius 2 is 1.95 bits per heavy atom. The quantitative estimate of drug-likeness (QED) is 0.707. The molecular weight excluding hydrogens is 262 g/mol. The number of hydrogen-bond donors (Lipinski definition) is 3. The van der Waals surface area contributed by atoms with E-state index >= 15 is 0 Å². The molecule has 0 aromatic heterocycles. The number of methoxy groups -OCH3 is 2. The van der Waals surface area contributed by atoms with Crippen LogP contribution in [0.15, 0.2) is 18.2 Å². The van der Waals surface area contributed by atoms with Gasteiger partial charge in [0.25, 0.3) is 0 Å². The molecule has 1 rings (SSSR count). The molecule has 0 fully saturated rings. The van der Waals surface area contributed by atoms with Crippen molar-refractivity contribution in [1.29, 1.82) is 0 Å². The van der Waals surface area contributed by atoms with Gasteiger partial charge in [-0.25, -0.2) is 0 Å². The van der Waals surface area contributed by atoms with E-state index in [0.29, 0.717) is 17.1 Å². The lowest BCUT2D eigenvalue weighted by Gasteiger charge is -2.15. The Morgan fingerprint density at radius 1 is 1.25 bits per heavy atom. The largest absolute Gasteiger partial charge is 0.497 e. The van der Waals surface area contributed by atoms with E-state index in [2.05, 4.69) is 10.6 Å². The van der Waals surface area contributed by atoms with Gasteiger partial charge in [0, 0.05) is 20.1 Å². The number of hydrogen-bond acceptors (Lipinski definition) is 5. The SMILES string of the molecule is COCC(N)C(=O)Nc1cc(OC)ccc1NC(C)=O. The summed E-state index contributed by atoms with van der Waals surface area (Å²) in [7, 11) is 2.97. The lowest BCUT2D eigenvalue weighted by Crippen LogP contribution is -2.39. The van der Waals surface area contributed by atoms with E-state index in [4.69, 9.17) is 15.2 Å². The lowest BCUT2D eigenvalue weighted by atomic mass is 10.2. The topological polar surface area (TPSA) is 103 Å². The molecule has 110 valence electrons. The molecule has 1 aromatic rings. The first-order valence-electron chi connectivity index (χ1n) is 5.99. The van der Waals surface area contributed by atoms with Crippen LogP contribution in [0.3, 0.4) is 0 Å². The van der Waals surface area contributed by atoms with E-state index in [1.807, 2.05) is 0 Å². The van der Waals surface area contributed by atoms with Crippen molar-refractivity contribution >= 4 is 23.2 Å². The molecular formula is C13H19N3O4. The van der Waals surface area contributed by atoms with Gasteiger partial charge in [0.05, 0.1) is 25.1 Å².